The highest BCUT2D eigenvalue weighted by Gasteiger charge is 2.20. The van der Waals surface area contributed by atoms with Gasteiger partial charge in [-0.25, -0.2) is 0 Å². The number of aromatic nitrogens is 1. The highest BCUT2D eigenvalue weighted by molar-refractivity contribution is 5.94. The van der Waals surface area contributed by atoms with Gasteiger partial charge in [-0.1, -0.05) is 13.3 Å². The molecule has 2 N–H and O–H groups in total. The quantitative estimate of drug-likeness (QED) is 0.822. The van der Waals surface area contributed by atoms with E-state index in [1.807, 2.05) is 37.8 Å². The molecule has 106 valence electrons. The molecular formula is C15H25N3O. The standard InChI is InChI=1S/C15H25N3O/c1-4-18(14-8-10-17-11-9-14)15(19)12(2)6-5-7-13(3)16/h8-13H,4-7,16H2,1-3H3. The van der Waals surface area contributed by atoms with E-state index < -0.39 is 0 Å². The van der Waals surface area contributed by atoms with Crippen molar-refractivity contribution in [1.82, 2.24) is 4.98 Å². The average Bonchev–Trinajstić information content (AvgIpc) is 2.40. The molecule has 19 heavy (non-hydrogen) atoms. The number of hydrogen-bond acceptors (Lipinski definition) is 3. The maximum absolute atomic E-state index is 12.4. The Kier molecular flexibility index (Phi) is 6.50. The lowest BCUT2D eigenvalue weighted by molar-refractivity contribution is -0.122. The van der Waals surface area contributed by atoms with Crippen molar-refractivity contribution in [1.29, 1.82) is 0 Å². The molecule has 0 saturated carbocycles. The van der Waals surface area contributed by atoms with Crippen LogP contribution in [0.25, 0.3) is 0 Å². The van der Waals surface area contributed by atoms with Gasteiger partial charge in [-0.2, -0.15) is 0 Å². The van der Waals surface area contributed by atoms with Gasteiger partial charge in [0, 0.05) is 36.6 Å². The summed E-state index contributed by atoms with van der Waals surface area (Å²) in [6.07, 6.45) is 6.29. The Hall–Kier alpha value is -1.42. The maximum Gasteiger partial charge on any atom is 0.229 e. The Labute approximate surface area is 116 Å². The minimum atomic E-state index is 0.0341. The molecule has 0 aliphatic heterocycles. The SMILES string of the molecule is CCN(C(=O)C(C)CCCC(C)N)c1ccncc1. The average molecular weight is 263 g/mol. The molecular weight excluding hydrogens is 238 g/mol. The molecule has 0 aliphatic rings. The number of rotatable bonds is 7. The summed E-state index contributed by atoms with van der Waals surface area (Å²) in [5.41, 5.74) is 6.65. The second-order valence-corrected chi connectivity index (χ2v) is 5.10. The molecule has 4 nitrogen and oxygen atoms in total. The molecule has 0 bridgehead atoms. The van der Waals surface area contributed by atoms with E-state index in [4.69, 9.17) is 5.73 Å². The molecule has 2 atom stereocenters. The molecule has 1 aromatic heterocycles. The van der Waals surface area contributed by atoms with Crippen LogP contribution >= 0.6 is 0 Å². The number of nitrogens with two attached hydrogens (primary N) is 1. The van der Waals surface area contributed by atoms with Crippen molar-refractivity contribution in [3.05, 3.63) is 24.5 Å². The predicted molar refractivity (Wildman–Crippen MR) is 78.9 cm³/mol. The number of carbonyl (C=O) groups excluding carboxylic acids is 1. The number of pyridine rings is 1. The Morgan fingerprint density at radius 3 is 2.47 bits per heavy atom. The number of hydrogen-bond donors (Lipinski definition) is 1. The summed E-state index contributed by atoms with van der Waals surface area (Å²) in [6, 6.07) is 3.95. The molecule has 1 heterocycles. The first-order valence-corrected chi connectivity index (χ1v) is 7.03. The number of nitrogens with zero attached hydrogens (tertiary/aromatic N) is 2. The van der Waals surface area contributed by atoms with E-state index in [2.05, 4.69) is 4.98 Å². The molecule has 0 saturated heterocycles. The van der Waals surface area contributed by atoms with E-state index in [1.165, 1.54) is 0 Å². The Bertz CT molecular complexity index is 378. The summed E-state index contributed by atoms with van der Waals surface area (Å²) in [4.78, 5) is 18.2. The van der Waals surface area contributed by atoms with Crippen molar-refractivity contribution in [2.75, 3.05) is 11.4 Å². The molecule has 1 aromatic rings. The highest BCUT2D eigenvalue weighted by atomic mass is 16.2. The van der Waals surface area contributed by atoms with Crippen LogP contribution in [0.2, 0.25) is 0 Å². The fraction of sp³-hybridized carbons (Fsp3) is 0.600. The van der Waals surface area contributed by atoms with E-state index in [0.29, 0.717) is 6.54 Å². The van der Waals surface area contributed by atoms with Crippen LogP contribution in [0.5, 0.6) is 0 Å². The molecule has 0 aromatic carbocycles. The minimum absolute atomic E-state index is 0.0341. The molecule has 0 aliphatic carbocycles. The molecule has 1 amide bonds. The van der Waals surface area contributed by atoms with Gasteiger partial charge in [0.05, 0.1) is 0 Å². The zero-order valence-electron chi connectivity index (χ0n) is 12.2. The summed E-state index contributed by atoms with van der Waals surface area (Å²) in [6.45, 7) is 6.67. The van der Waals surface area contributed by atoms with Crippen LogP contribution in [-0.4, -0.2) is 23.5 Å². The molecule has 0 radical (unpaired) electrons. The lowest BCUT2D eigenvalue weighted by Crippen LogP contribution is -2.35. The predicted octanol–water partition coefficient (Wildman–Crippen LogP) is 2.59. The van der Waals surface area contributed by atoms with Gasteiger partial charge in [0.2, 0.25) is 5.91 Å². The van der Waals surface area contributed by atoms with Gasteiger partial charge in [0.15, 0.2) is 0 Å². The van der Waals surface area contributed by atoms with Crippen molar-refractivity contribution in [3.8, 4) is 0 Å². The van der Waals surface area contributed by atoms with Crippen LogP contribution in [0.4, 0.5) is 5.69 Å². The molecule has 2 unspecified atom stereocenters. The number of anilines is 1. The first-order chi connectivity index (χ1) is 9.06. The molecule has 0 spiro atoms. The summed E-state index contributed by atoms with van der Waals surface area (Å²) >= 11 is 0. The van der Waals surface area contributed by atoms with E-state index >= 15 is 0 Å². The smallest absolute Gasteiger partial charge is 0.229 e. The monoisotopic (exact) mass is 263 g/mol. The zero-order valence-corrected chi connectivity index (χ0v) is 12.2. The van der Waals surface area contributed by atoms with Gasteiger partial charge in [0.1, 0.15) is 0 Å². The maximum atomic E-state index is 12.4. The Balaban J connectivity index is 2.58. The van der Waals surface area contributed by atoms with Gasteiger partial charge in [0.25, 0.3) is 0 Å². The van der Waals surface area contributed by atoms with Crippen LogP contribution < -0.4 is 10.6 Å². The van der Waals surface area contributed by atoms with Crippen LogP contribution in [0.15, 0.2) is 24.5 Å². The second kappa shape index (κ2) is 7.89. The summed E-state index contributed by atoms with van der Waals surface area (Å²) in [5.74, 6) is 0.213. The van der Waals surface area contributed by atoms with Gasteiger partial charge < -0.3 is 10.6 Å². The van der Waals surface area contributed by atoms with E-state index in [0.717, 1.165) is 24.9 Å². The lowest BCUT2D eigenvalue weighted by atomic mass is 10.0. The van der Waals surface area contributed by atoms with E-state index in [-0.39, 0.29) is 17.9 Å². The van der Waals surface area contributed by atoms with Crippen molar-refractivity contribution in [2.24, 2.45) is 11.7 Å². The molecule has 4 heteroatoms. The van der Waals surface area contributed by atoms with Crippen molar-refractivity contribution in [3.63, 3.8) is 0 Å². The van der Waals surface area contributed by atoms with Crippen LogP contribution in [0.3, 0.4) is 0 Å². The third-order valence-electron chi connectivity index (χ3n) is 3.27. The lowest BCUT2D eigenvalue weighted by Gasteiger charge is -2.24. The Morgan fingerprint density at radius 1 is 1.32 bits per heavy atom. The fourth-order valence-corrected chi connectivity index (χ4v) is 2.13. The highest BCUT2D eigenvalue weighted by Crippen LogP contribution is 2.18. The van der Waals surface area contributed by atoms with Gasteiger partial charge in [-0.15, -0.1) is 0 Å². The summed E-state index contributed by atoms with van der Waals surface area (Å²) < 4.78 is 0. The first kappa shape index (κ1) is 15.6. The zero-order chi connectivity index (χ0) is 14.3. The number of amides is 1. The topological polar surface area (TPSA) is 59.2 Å². The van der Waals surface area contributed by atoms with Gasteiger partial charge in [-0.3, -0.25) is 9.78 Å². The molecule has 1 rings (SSSR count). The number of carbonyl (C=O) groups is 1. The third kappa shape index (κ3) is 4.99. The van der Waals surface area contributed by atoms with E-state index in [1.54, 1.807) is 12.4 Å². The van der Waals surface area contributed by atoms with Gasteiger partial charge in [-0.05, 0) is 38.8 Å². The van der Waals surface area contributed by atoms with Crippen LogP contribution in [-0.2, 0) is 4.79 Å². The van der Waals surface area contributed by atoms with E-state index in [9.17, 15) is 4.79 Å². The summed E-state index contributed by atoms with van der Waals surface area (Å²) in [5, 5.41) is 0. The second-order valence-electron chi connectivity index (χ2n) is 5.10. The van der Waals surface area contributed by atoms with Gasteiger partial charge >= 0.3 is 0 Å². The van der Waals surface area contributed by atoms with Crippen molar-refractivity contribution in [2.45, 2.75) is 46.1 Å². The van der Waals surface area contributed by atoms with Crippen molar-refractivity contribution >= 4 is 11.6 Å². The fourth-order valence-electron chi connectivity index (χ4n) is 2.13. The molecule has 0 fully saturated rings. The summed E-state index contributed by atoms with van der Waals surface area (Å²) in [7, 11) is 0. The largest absolute Gasteiger partial charge is 0.328 e. The minimum Gasteiger partial charge on any atom is -0.328 e. The van der Waals surface area contributed by atoms with Crippen LogP contribution in [0.1, 0.15) is 40.0 Å². The first-order valence-electron chi connectivity index (χ1n) is 7.03. The Morgan fingerprint density at radius 2 is 1.95 bits per heavy atom. The van der Waals surface area contributed by atoms with Crippen molar-refractivity contribution < 1.29 is 4.79 Å². The van der Waals surface area contributed by atoms with Crippen LogP contribution in [0, 0.1) is 5.92 Å². The normalized spacial score (nSPS) is 13.9. The third-order valence-corrected chi connectivity index (χ3v) is 3.27.